The molecule has 4 nitrogen and oxygen atoms in total. The highest BCUT2D eigenvalue weighted by Crippen LogP contribution is 2.39. The molecule has 0 radical (unpaired) electrons. The molecule has 1 aromatic heterocycles. The van der Waals surface area contributed by atoms with Gasteiger partial charge in [0, 0.05) is 10.4 Å². The summed E-state index contributed by atoms with van der Waals surface area (Å²) in [5, 5.41) is 3.51. The normalized spacial score (nSPS) is 15.6. The van der Waals surface area contributed by atoms with E-state index in [-0.39, 0.29) is 5.91 Å². The molecular formula is C24H24N2O2S. The van der Waals surface area contributed by atoms with Gasteiger partial charge >= 0.3 is 0 Å². The van der Waals surface area contributed by atoms with Crippen LogP contribution >= 0.6 is 11.3 Å². The molecule has 4 rings (SSSR count). The van der Waals surface area contributed by atoms with E-state index in [1.807, 2.05) is 42.5 Å². The lowest BCUT2D eigenvalue weighted by molar-refractivity contribution is 0.1000. The number of rotatable bonds is 5. The molecule has 1 atom stereocenters. The molecule has 3 N–H and O–H groups in total. The molecule has 0 spiro atoms. The van der Waals surface area contributed by atoms with Crippen LogP contribution in [0.5, 0.6) is 0 Å². The Morgan fingerprint density at radius 1 is 1.07 bits per heavy atom. The number of nitrogens with two attached hydrogens (primary N) is 1. The molecule has 0 saturated carbocycles. The Labute approximate surface area is 174 Å². The molecule has 5 heteroatoms. The second-order valence-corrected chi connectivity index (χ2v) is 8.84. The van der Waals surface area contributed by atoms with Crippen LogP contribution in [0, 0.1) is 5.92 Å². The highest BCUT2D eigenvalue weighted by molar-refractivity contribution is 7.17. The van der Waals surface area contributed by atoms with Crippen molar-refractivity contribution in [1.29, 1.82) is 0 Å². The molecule has 0 bridgehead atoms. The molecule has 2 aromatic carbocycles. The highest BCUT2D eigenvalue weighted by atomic mass is 32.1. The summed E-state index contributed by atoms with van der Waals surface area (Å²) in [6.45, 7) is 2.21. The van der Waals surface area contributed by atoms with Gasteiger partial charge in [-0.25, -0.2) is 0 Å². The maximum atomic E-state index is 12.8. The third-order valence-electron chi connectivity index (χ3n) is 5.45. The van der Waals surface area contributed by atoms with Crippen molar-refractivity contribution < 1.29 is 9.59 Å². The fraction of sp³-hybridized carbons (Fsp3) is 0.250. The first kappa shape index (κ1) is 19.4. The first-order chi connectivity index (χ1) is 14.0. The molecule has 29 heavy (non-hydrogen) atoms. The van der Waals surface area contributed by atoms with Gasteiger partial charge in [0.1, 0.15) is 5.00 Å². The Morgan fingerprint density at radius 2 is 1.76 bits per heavy atom. The Bertz CT molecular complexity index is 1040. The molecule has 3 aromatic rings. The Morgan fingerprint density at radius 3 is 2.45 bits per heavy atom. The lowest BCUT2D eigenvalue weighted by Gasteiger charge is -2.18. The Hall–Kier alpha value is -2.92. The van der Waals surface area contributed by atoms with Crippen molar-refractivity contribution in [3.8, 4) is 0 Å². The van der Waals surface area contributed by atoms with Crippen LogP contribution < -0.4 is 11.1 Å². The number of carbonyl (C=O) groups excluding carboxylic acids is 2. The largest absolute Gasteiger partial charge is 0.365 e. The smallest absolute Gasteiger partial charge is 0.256 e. The minimum Gasteiger partial charge on any atom is -0.365 e. The van der Waals surface area contributed by atoms with E-state index >= 15 is 0 Å². The minimum absolute atomic E-state index is 0.217. The number of fused-ring (bicyclic) bond motifs is 1. The fourth-order valence-electron chi connectivity index (χ4n) is 3.88. The van der Waals surface area contributed by atoms with Crippen LogP contribution in [0.3, 0.4) is 0 Å². The maximum absolute atomic E-state index is 12.8. The van der Waals surface area contributed by atoms with Crippen molar-refractivity contribution in [3.63, 3.8) is 0 Å². The van der Waals surface area contributed by atoms with E-state index in [1.165, 1.54) is 21.8 Å². The lowest BCUT2D eigenvalue weighted by Crippen LogP contribution is -2.19. The fourth-order valence-corrected chi connectivity index (χ4v) is 5.29. The van der Waals surface area contributed by atoms with Crippen LogP contribution in [-0.2, 0) is 19.3 Å². The van der Waals surface area contributed by atoms with Crippen LogP contribution in [0.2, 0.25) is 0 Å². The molecule has 2 amide bonds. The zero-order chi connectivity index (χ0) is 20.4. The topological polar surface area (TPSA) is 72.2 Å². The second-order valence-electron chi connectivity index (χ2n) is 7.73. The van der Waals surface area contributed by atoms with E-state index in [0.29, 0.717) is 22.0 Å². The van der Waals surface area contributed by atoms with E-state index in [4.69, 9.17) is 5.73 Å². The molecule has 1 heterocycles. The Balaban J connectivity index is 1.52. The predicted octanol–water partition coefficient (Wildman–Crippen LogP) is 4.81. The number of nitrogens with one attached hydrogen (secondary N) is 1. The quantitative estimate of drug-likeness (QED) is 0.640. The highest BCUT2D eigenvalue weighted by Gasteiger charge is 2.27. The van der Waals surface area contributed by atoms with Gasteiger partial charge in [0.2, 0.25) is 0 Å². The minimum atomic E-state index is -0.467. The summed E-state index contributed by atoms with van der Waals surface area (Å²) in [6, 6.07) is 17.8. The van der Waals surface area contributed by atoms with E-state index in [2.05, 4.69) is 24.4 Å². The standard InChI is InChI=1S/C24H24N2O2S/c1-15-7-12-19-20(13-15)29-24(21(19)22(25)27)26-23(28)18-10-8-17(9-11-18)14-16-5-3-2-4-6-16/h2-6,8-11,15H,7,12-14H2,1H3,(H2,25,27)(H,26,28). The van der Waals surface area contributed by atoms with Crippen molar-refractivity contribution in [2.45, 2.75) is 32.6 Å². The second kappa shape index (κ2) is 8.21. The SMILES string of the molecule is CC1CCc2c(sc(NC(=O)c3ccc(Cc4ccccc4)cc3)c2C(N)=O)C1. The number of primary amides is 1. The molecule has 0 aliphatic heterocycles. The van der Waals surface area contributed by atoms with Gasteiger partial charge in [-0.2, -0.15) is 0 Å². The van der Waals surface area contributed by atoms with Gasteiger partial charge in [-0.3, -0.25) is 9.59 Å². The summed E-state index contributed by atoms with van der Waals surface area (Å²) in [6.07, 6.45) is 3.64. The summed E-state index contributed by atoms with van der Waals surface area (Å²) in [7, 11) is 0. The van der Waals surface area contributed by atoms with Crippen LogP contribution in [-0.4, -0.2) is 11.8 Å². The van der Waals surface area contributed by atoms with Crippen molar-refractivity contribution in [3.05, 3.63) is 87.3 Å². The number of hydrogen-bond donors (Lipinski definition) is 2. The first-order valence-electron chi connectivity index (χ1n) is 9.90. The van der Waals surface area contributed by atoms with E-state index in [1.54, 1.807) is 0 Å². The molecule has 1 aliphatic carbocycles. The maximum Gasteiger partial charge on any atom is 0.256 e. The average molecular weight is 405 g/mol. The third-order valence-corrected chi connectivity index (χ3v) is 6.62. The summed E-state index contributed by atoms with van der Waals surface area (Å²) in [5.41, 5.74) is 10.1. The van der Waals surface area contributed by atoms with Gasteiger partial charge in [0.25, 0.3) is 11.8 Å². The van der Waals surface area contributed by atoms with Crippen molar-refractivity contribution in [2.24, 2.45) is 11.7 Å². The molecule has 148 valence electrons. The van der Waals surface area contributed by atoms with Crippen molar-refractivity contribution in [1.82, 2.24) is 0 Å². The summed E-state index contributed by atoms with van der Waals surface area (Å²) >= 11 is 1.49. The van der Waals surface area contributed by atoms with Gasteiger partial charge in [0.05, 0.1) is 5.56 Å². The van der Waals surface area contributed by atoms with Crippen LogP contribution in [0.1, 0.15) is 55.6 Å². The van der Waals surface area contributed by atoms with Gasteiger partial charge < -0.3 is 11.1 Å². The van der Waals surface area contributed by atoms with Crippen LogP contribution in [0.25, 0.3) is 0 Å². The number of hydrogen-bond acceptors (Lipinski definition) is 3. The number of thiophene rings is 1. The van der Waals surface area contributed by atoms with Gasteiger partial charge in [0.15, 0.2) is 0 Å². The molecule has 1 aliphatic rings. The van der Waals surface area contributed by atoms with Gasteiger partial charge in [-0.15, -0.1) is 11.3 Å². The molecule has 1 unspecified atom stereocenters. The molecule has 0 fully saturated rings. The molecule has 0 saturated heterocycles. The summed E-state index contributed by atoms with van der Waals surface area (Å²) in [4.78, 5) is 26.0. The van der Waals surface area contributed by atoms with Gasteiger partial charge in [-0.1, -0.05) is 49.4 Å². The number of amides is 2. The first-order valence-corrected chi connectivity index (χ1v) is 10.7. The molecular weight excluding hydrogens is 380 g/mol. The summed E-state index contributed by atoms with van der Waals surface area (Å²) < 4.78 is 0. The van der Waals surface area contributed by atoms with E-state index < -0.39 is 5.91 Å². The summed E-state index contributed by atoms with van der Waals surface area (Å²) in [5.74, 6) is -0.0986. The van der Waals surface area contributed by atoms with E-state index in [9.17, 15) is 9.59 Å². The van der Waals surface area contributed by atoms with Crippen LogP contribution in [0.15, 0.2) is 54.6 Å². The predicted molar refractivity (Wildman–Crippen MR) is 118 cm³/mol. The Kier molecular flexibility index (Phi) is 5.49. The van der Waals surface area contributed by atoms with Crippen molar-refractivity contribution in [2.75, 3.05) is 5.32 Å². The van der Waals surface area contributed by atoms with Crippen molar-refractivity contribution >= 4 is 28.2 Å². The third kappa shape index (κ3) is 4.25. The average Bonchev–Trinajstić information content (AvgIpc) is 3.06. The van der Waals surface area contributed by atoms with E-state index in [0.717, 1.165) is 36.8 Å². The van der Waals surface area contributed by atoms with Crippen LogP contribution in [0.4, 0.5) is 5.00 Å². The zero-order valence-electron chi connectivity index (χ0n) is 16.4. The lowest BCUT2D eigenvalue weighted by atomic mass is 9.88. The number of carbonyl (C=O) groups is 2. The van der Waals surface area contributed by atoms with Gasteiger partial charge in [-0.05, 0) is 60.4 Å². The monoisotopic (exact) mass is 404 g/mol. The number of anilines is 1. The number of benzene rings is 2. The zero-order valence-corrected chi connectivity index (χ0v) is 17.2.